The van der Waals surface area contributed by atoms with E-state index in [-0.39, 0.29) is 0 Å². The number of anilines is 3. The summed E-state index contributed by atoms with van der Waals surface area (Å²) in [5, 5.41) is 0. The van der Waals surface area contributed by atoms with Crippen molar-refractivity contribution in [1.29, 1.82) is 0 Å². The molecule has 0 fully saturated rings. The average molecular weight is 485 g/mol. The highest BCUT2D eigenvalue weighted by Crippen LogP contribution is 2.45. The fourth-order valence-corrected chi connectivity index (χ4v) is 5.24. The van der Waals surface area contributed by atoms with Crippen LogP contribution in [0, 0.1) is 0 Å². The average Bonchev–Trinajstić information content (AvgIpc) is 2.99. The molecule has 6 rings (SSSR count). The van der Waals surface area contributed by atoms with Gasteiger partial charge in [-0.25, -0.2) is 0 Å². The molecule has 0 N–H and O–H groups in total. The van der Waals surface area contributed by atoms with E-state index in [0.29, 0.717) is 0 Å². The van der Waals surface area contributed by atoms with Crippen LogP contribution >= 0.6 is 0 Å². The molecule has 0 aromatic heterocycles. The third kappa shape index (κ3) is 4.53. The fourth-order valence-electron chi connectivity index (χ4n) is 5.24. The Morgan fingerprint density at radius 1 is 0.342 bits per heavy atom. The van der Waals surface area contributed by atoms with Gasteiger partial charge < -0.3 is 4.90 Å². The van der Waals surface area contributed by atoms with Crippen molar-refractivity contribution >= 4 is 30.4 Å². The van der Waals surface area contributed by atoms with Gasteiger partial charge >= 0.3 is 0 Å². The minimum atomic E-state index is 1.12. The van der Waals surface area contributed by atoms with Crippen molar-refractivity contribution in [3.63, 3.8) is 0 Å². The lowest BCUT2D eigenvalue weighted by atomic mass is 9.86. The number of benzene rings is 6. The van der Waals surface area contributed by atoms with Gasteiger partial charge in [-0.05, 0) is 46.5 Å². The van der Waals surface area contributed by atoms with Gasteiger partial charge in [0.2, 0.25) is 0 Å². The summed E-state index contributed by atoms with van der Waals surface area (Å²) in [4.78, 5) is 2.40. The van der Waals surface area contributed by atoms with Crippen LogP contribution in [-0.4, -0.2) is 7.85 Å². The minimum Gasteiger partial charge on any atom is -0.309 e. The number of nitrogens with zero attached hydrogens (tertiary/aromatic N) is 1. The maximum atomic E-state index is 2.40. The van der Waals surface area contributed by atoms with Crippen molar-refractivity contribution in [2.24, 2.45) is 0 Å². The van der Waals surface area contributed by atoms with E-state index in [9.17, 15) is 0 Å². The van der Waals surface area contributed by atoms with Crippen LogP contribution in [0.25, 0.3) is 33.4 Å². The van der Waals surface area contributed by atoms with Crippen molar-refractivity contribution < 1.29 is 0 Å². The Morgan fingerprint density at radius 2 is 0.763 bits per heavy atom. The molecular formula is C36H28BN. The zero-order valence-electron chi connectivity index (χ0n) is 21.5. The van der Waals surface area contributed by atoms with Crippen LogP contribution in [0.15, 0.2) is 158 Å². The van der Waals surface area contributed by atoms with Crippen LogP contribution in [-0.2, 0) is 0 Å². The third-order valence-electron chi connectivity index (χ3n) is 7.04. The summed E-state index contributed by atoms with van der Waals surface area (Å²) in [6.45, 7) is 0. The maximum Gasteiger partial charge on any atom is 0.140 e. The largest absolute Gasteiger partial charge is 0.309 e. The van der Waals surface area contributed by atoms with Crippen molar-refractivity contribution in [3.05, 3.63) is 158 Å². The predicted octanol–water partition coefficient (Wildman–Crippen LogP) is 8.42. The minimum absolute atomic E-state index is 1.12. The number of para-hydroxylation sites is 3. The van der Waals surface area contributed by atoms with Gasteiger partial charge in [0.15, 0.2) is 0 Å². The van der Waals surface area contributed by atoms with Crippen LogP contribution in [0.5, 0.6) is 0 Å². The summed E-state index contributed by atoms with van der Waals surface area (Å²) in [7, 11) is 2.18. The van der Waals surface area contributed by atoms with E-state index in [4.69, 9.17) is 0 Å². The quantitative estimate of drug-likeness (QED) is 0.214. The second kappa shape index (κ2) is 10.7. The molecule has 0 aliphatic heterocycles. The van der Waals surface area contributed by atoms with Gasteiger partial charge in [0.25, 0.3) is 0 Å². The van der Waals surface area contributed by atoms with Crippen molar-refractivity contribution in [1.82, 2.24) is 0 Å². The standard InChI is InChI=1S/C36H28BN/c37-34-24-12-9-21-31(34)33-23-11-14-26-36(33)38(28-17-5-2-6-18-28)35-25-13-10-22-32(35)30-20-8-7-19-29(30)27-15-3-1-4-16-27/h1-26H,37H2. The zero-order valence-corrected chi connectivity index (χ0v) is 21.5. The van der Waals surface area contributed by atoms with Gasteiger partial charge in [0, 0.05) is 16.8 Å². The molecule has 0 bridgehead atoms. The van der Waals surface area contributed by atoms with E-state index in [0.717, 1.165) is 17.1 Å². The first kappa shape index (κ1) is 23.6. The van der Waals surface area contributed by atoms with Gasteiger partial charge in [-0.2, -0.15) is 0 Å². The molecule has 180 valence electrons. The van der Waals surface area contributed by atoms with E-state index in [1.165, 1.54) is 38.8 Å². The molecule has 0 atom stereocenters. The molecule has 0 saturated carbocycles. The Labute approximate surface area is 226 Å². The lowest BCUT2D eigenvalue weighted by molar-refractivity contribution is 1.28. The topological polar surface area (TPSA) is 3.24 Å². The Bertz CT molecular complexity index is 1680. The van der Waals surface area contributed by atoms with E-state index in [1.54, 1.807) is 0 Å². The highest BCUT2D eigenvalue weighted by molar-refractivity contribution is 6.36. The van der Waals surface area contributed by atoms with E-state index in [2.05, 4.69) is 170 Å². The van der Waals surface area contributed by atoms with Gasteiger partial charge in [-0.3, -0.25) is 0 Å². The first-order valence-corrected chi connectivity index (χ1v) is 13.1. The molecule has 6 aromatic rings. The molecule has 38 heavy (non-hydrogen) atoms. The van der Waals surface area contributed by atoms with Crippen molar-refractivity contribution in [2.45, 2.75) is 0 Å². The Hall–Kier alpha value is -4.82. The summed E-state index contributed by atoms with van der Waals surface area (Å²) in [6.07, 6.45) is 0. The van der Waals surface area contributed by atoms with E-state index >= 15 is 0 Å². The number of rotatable bonds is 6. The van der Waals surface area contributed by atoms with Crippen molar-refractivity contribution in [3.8, 4) is 33.4 Å². The smallest absolute Gasteiger partial charge is 0.140 e. The molecule has 6 aromatic carbocycles. The molecule has 0 aliphatic rings. The molecule has 0 saturated heterocycles. The SMILES string of the molecule is Bc1ccccc1-c1ccccc1N(c1ccccc1)c1ccccc1-c1ccccc1-c1ccccc1. The Kier molecular flexibility index (Phi) is 6.61. The first-order chi connectivity index (χ1) is 18.8. The monoisotopic (exact) mass is 485 g/mol. The highest BCUT2D eigenvalue weighted by atomic mass is 15.1. The lowest BCUT2D eigenvalue weighted by Crippen LogP contribution is -2.14. The Balaban J connectivity index is 1.62. The molecule has 1 nitrogen and oxygen atoms in total. The summed E-state index contributed by atoms with van der Waals surface area (Å²) >= 11 is 0. The Morgan fingerprint density at radius 3 is 1.37 bits per heavy atom. The highest BCUT2D eigenvalue weighted by Gasteiger charge is 2.21. The van der Waals surface area contributed by atoms with Gasteiger partial charge in [-0.1, -0.05) is 139 Å². The van der Waals surface area contributed by atoms with Gasteiger partial charge in [0.05, 0.1) is 11.4 Å². The summed E-state index contributed by atoms with van der Waals surface area (Å²) in [5.41, 5.74) is 12.0. The molecule has 0 aliphatic carbocycles. The third-order valence-corrected chi connectivity index (χ3v) is 7.04. The molecule has 0 amide bonds. The second-order valence-corrected chi connectivity index (χ2v) is 9.43. The molecular weight excluding hydrogens is 457 g/mol. The number of hydrogen-bond donors (Lipinski definition) is 0. The zero-order chi connectivity index (χ0) is 25.7. The summed E-state index contributed by atoms with van der Waals surface area (Å²) < 4.78 is 0. The maximum absolute atomic E-state index is 2.40. The van der Waals surface area contributed by atoms with Crippen LogP contribution in [0.1, 0.15) is 0 Å². The van der Waals surface area contributed by atoms with E-state index in [1.807, 2.05) is 0 Å². The summed E-state index contributed by atoms with van der Waals surface area (Å²) in [6, 6.07) is 56.1. The van der Waals surface area contributed by atoms with Gasteiger partial charge in [0.1, 0.15) is 7.85 Å². The predicted molar refractivity (Wildman–Crippen MR) is 166 cm³/mol. The normalized spacial score (nSPS) is 10.7. The number of hydrogen-bond acceptors (Lipinski definition) is 1. The molecule has 0 heterocycles. The van der Waals surface area contributed by atoms with Gasteiger partial charge in [-0.15, -0.1) is 0 Å². The summed E-state index contributed by atoms with van der Waals surface area (Å²) in [5.74, 6) is 0. The van der Waals surface area contributed by atoms with E-state index < -0.39 is 0 Å². The van der Waals surface area contributed by atoms with Crippen LogP contribution < -0.4 is 10.4 Å². The second-order valence-electron chi connectivity index (χ2n) is 9.43. The molecule has 0 spiro atoms. The fraction of sp³-hybridized carbons (Fsp3) is 0. The van der Waals surface area contributed by atoms with Crippen LogP contribution in [0.3, 0.4) is 0 Å². The van der Waals surface area contributed by atoms with Crippen LogP contribution in [0.4, 0.5) is 17.1 Å². The molecule has 0 unspecified atom stereocenters. The first-order valence-electron chi connectivity index (χ1n) is 13.1. The van der Waals surface area contributed by atoms with Crippen LogP contribution in [0.2, 0.25) is 0 Å². The lowest BCUT2D eigenvalue weighted by Gasteiger charge is -2.30. The van der Waals surface area contributed by atoms with Crippen molar-refractivity contribution in [2.75, 3.05) is 4.90 Å². The molecule has 0 radical (unpaired) electrons. The molecule has 2 heteroatoms.